The number of hydrogen-bond acceptors (Lipinski definition) is 5. The summed E-state index contributed by atoms with van der Waals surface area (Å²) in [5, 5.41) is 13.0. The molecule has 1 saturated heterocycles. The molecule has 1 fully saturated rings. The van der Waals surface area contributed by atoms with Crippen molar-refractivity contribution in [3.8, 4) is 10.6 Å². The first-order valence-corrected chi connectivity index (χ1v) is 10.3. The highest BCUT2D eigenvalue weighted by Crippen LogP contribution is 2.31. The summed E-state index contributed by atoms with van der Waals surface area (Å²) in [6, 6.07) is 14.1. The maximum atomic E-state index is 12.5. The van der Waals surface area contributed by atoms with E-state index in [9.17, 15) is 4.79 Å². The van der Waals surface area contributed by atoms with Crippen LogP contribution in [0.3, 0.4) is 0 Å². The SMILES string of the molecule is Cc1ccc2nc(-c3ccc(NC(=O)N4CCN(CCO)CC4)cc3)sc2c1. The highest BCUT2D eigenvalue weighted by Gasteiger charge is 2.20. The second-order valence-corrected chi connectivity index (χ2v) is 8.08. The number of β-amino-alcohol motifs (C(OH)–C–C–N with tert-alkyl or cyclic N) is 1. The number of aromatic nitrogens is 1. The summed E-state index contributed by atoms with van der Waals surface area (Å²) in [7, 11) is 0. The quantitative estimate of drug-likeness (QED) is 0.709. The van der Waals surface area contributed by atoms with Gasteiger partial charge in [0.05, 0.1) is 16.8 Å². The first kappa shape index (κ1) is 18.9. The van der Waals surface area contributed by atoms with Crippen molar-refractivity contribution < 1.29 is 9.90 Å². The normalized spacial score (nSPS) is 15.1. The van der Waals surface area contributed by atoms with Crippen LogP contribution in [-0.2, 0) is 0 Å². The van der Waals surface area contributed by atoms with Crippen molar-refractivity contribution in [2.45, 2.75) is 6.92 Å². The van der Waals surface area contributed by atoms with E-state index in [1.807, 2.05) is 29.2 Å². The van der Waals surface area contributed by atoms with E-state index in [-0.39, 0.29) is 12.6 Å². The zero-order chi connectivity index (χ0) is 19.5. The molecule has 2 aromatic carbocycles. The molecule has 0 atom stereocenters. The van der Waals surface area contributed by atoms with Crippen molar-refractivity contribution in [1.82, 2.24) is 14.8 Å². The maximum absolute atomic E-state index is 12.5. The van der Waals surface area contributed by atoms with E-state index in [1.54, 1.807) is 11.3 Å². The van der Waals surface area contributed by atoms with Gasteiger partial charge in [0.2, 0.25) is 0 Å². The van der Waals surface area contributed by atoms with Gasteiger partial charge >= 0.3 is 6.03 Å². The smallest absolute Gasteiger partial charge is 0.321 e. The Balaban J connectivity index is 1.39. The summed E-state index contributed by atoms with van der Waals surface area (Å²) >= 11 is 1.68. The van der Waals surface area contributed by atoms with Crippen molar-refractivity contribution in [2.24, 2.45) is 0 Å². The molecular weight excluding hydrogens is 372 g/mol. The van der Waals surface area contributed by atoms with Gasteiger partial charge in [-0.1, -0.05) is 6.07 Å². The summed E-state index contributed by atoms with van der Waals surface area (Å²) in [6.07, 6.45) is 0. The molecule has 0 radical (unpaired) electrons. The van der Waals surface area contributed by atoms with E-state index in [0.717, 1.165) is 34.9 Å². The molecule has 6 nitrogen and oxygen atoms in total. The Morgan fingerprint density at radius 3 is 2.61 bits per heavy atom. The average molecular weight is 397 g/mol. The zero-order valence-electron chi connectivity index (χ0n) is 15.9. The minimum absolute atomic E-state index is 0.0770. The van der Waals surface area contributed by atoms with Crippen LogP contribution in [0.15, 0.2) is 42.5 Å². The Morgan fingerprint density at radius 1 is 1.14 bits per heavy atom. The van der Waals surface area contributed by atoms with Crippen molar-refractivity contribution in [1.29, 1.82) is 0 Å². The molecule has 28 heavy (non-hydrogen) atoms. The van der Waals surface area contributed by atoms with Gasteiger partial charge in [0.15, 0.2) is 0 Å². The molecule has 0 bridgehead atoms. The Bertz CT molecular complexity index is 962. The molecule has 0 saturated carbocycles. The molecule has 1 aromatic heterocycles. The molecule has 3 aromatic rings. The Morgan fingerprint density at radius 2 is 1.89 bits per heavy atom. The zero-order valence-corrected chi connectivity index (χ0v) is 16.7. The minimum atomic E-state index is -0.0770. The molecule has 146 valence electrons. The molecule has 7 heteroatoms. The van der Waals surface area contributed by atoms with Gasteiger partial charge in [-0.15, -0.1) is 11.3 Å². The van der Waals surface area contributed by atoms with Crippen molar-refractivity contribution >= 4 is 33.3 Å². The molecule has 2 N–H and O–H groups in total. The summed E-state index contributed by atoms with van der Waals surface area (Å²) < 4.78 is 1.19. The number of carbonyl (C=O) groups excluding carboxylic acids is 1. The first-order valence-electron chi connectivity index (χ1n) is 9.49. The van der Waals surface area contributed by atoms with Crippen LogP contribution < -0.4 is 5.32 Å². The number of nitrogens with zero attached hydrogens (tertiary/aromatic N) is 3. The molecular formula is C21H24N4O2S. The van der Waals surface area contributed by atoms with Crippen molar-refractivity contribution in [3.63, 3.8) is 0 Å². The Hall–Kier alpha value is -2.48. The number of fused-ring (bicyclic) bond motifs is 1. The van der Waals surface area contributed by atoms with E-state index < -0.39 is 0 Å². The molecule has 0 unspecified atom stereocenters. The van der Waals surface area contributed by atoms with Gasteiger partial charge in [-0.05, 0) is 48.9 Å². The molecule has 0 spiro atoms. The number of thiazole rings is 1. The third-order valence-electron chi connectivity index (χ3n) is 5.00. The number of nitrogens with one attached hydrogen (secondary N) is 1. The number of anilines is 1. The van der Waals surface area contributed by atoms with Crippen LogP contribution in [0.4, 0.5) is 10.5 Å². The number of rotatable bonds is 4. The lowest BCUT2D eigenvalue weighted by atomic mass is 10.2. The Labute approximate surface area is 168 Å². The summed E-state index contributed by atoms with van der Waals surface area (Å²) in [5.41, 5.74) is 4.08. The topological polar surface area (TPSA) is 68.7 Å². The maximum Gasteiger partial charge on any atom is 0.321 e. The summed E-state index contributed by atoms with van der Waals surface area (Å²) in [5.74, 6) is 0. The number of hydrogen-bond donors (Lipinski definition) is 2. The van der Waals surface area contributed by atoms with Gasteiger partial charge in [0, 0.05) is 44.0 Å². The lowest BCUT2D eigenvalue weighted by molar-refractivity contribution is 0.127. The standard InChI is InChI=1S/C21H24N4O2S/c1-15-2-7-18-19(14-15)28-20(23-18)16-3-5-17(6-4-16)22-21(27)25-10-8-24(9-11-25)12-13-26/h2-7,14,26H,8-13H2,1H3,(H,22,27). The highest BCUT2D eigenvalue weighted by atomic mass is 32.1. The number of aryl methyl sites for hydroxylation is 1. The van der Waals surface area contributed by atoms with E-state index in [2.05, 4.69) is 35.3 Å². The van der Waals surface area contributed by atoms with Crippen LogP contribution in [0.5, 0.6) is 0 Å². The van der Waals surface area contributed by atoms with Crippen LogP contribution in [0.25, 0.3) is 20.8 Å². The molecule has 1 aliphatic rings. The lowest BCUT2D eigenvalue weighted by Gasteiger charge is -2.34. The number of aliphatic hydroxyl groups excluding tert-OH is 1. The van der Waals surface area contributed by atoms with Gasteiger partial charge in [-0.25, -0.2) is 9.78 Å². The Kier molecular flexibility index (Phi) is 5.57. The molecule has 1 aliphatic heterocycles. The molecule has 4 rings (SSSR count). The van der Waals surface area contributed by atoms with Crippen LogP contribution in [0, 0.1) is 6.92 Å². The minimum Gasteiger partial charge on any atom is -0.395 e. The first-order chi connectivity index (χ1) is 13.6. The van der Waals surface area contributed by atoms with Crippen LogP contribution >= 0.6 is 11.3 Å². The third-order valence-corrected chi connectivity index (χ3v) is 6.07. The van der Waals surface area contributed by atoms with E-state index >= 15 is 0 Å². The molecule has 2 heterocycles. The summed E-state index contributed by atoms with van der Waals surface area (Å²) in [6.45, 7) is 5.86. The number of amides is 2. The second kappa shape index (κ2) is 8.26. The van der Waals surface area contributed by atoms with Crippen LogP contribution in [0.1, 0.15) is 5.56 Å². The van der Waals surface area contributed by atoms with Crippen molar-refractivity contribution in [3.05, 3.63) is 48.0 Å². The van der Waals surface area contributed by atoms with Gasteiger partial charge in [-0.3, -0.25) is 4.90 Å². The molecule has 2 amide bonds. The predicted octanol–water partition coefficient (Wildman–Crippen LogP) is 3.41. The largest absolute Gasteiger partial charge is 0.395 e. The van der Waals surface area contributed by atoms with Gasteiger partial charge in [0.1, 0.15) is 5.01 Å². The number of benzene rings is 2. The lowest BCUT2D eigenvalue weighted by Crippen LogP contribution is -2.50. The number of urea groups is 1. The third kappa shape index (κ3) is 4.16. The van der Waals surface area contributed by atoms with Crippen LogP contribution in [0.2, 0.25) is 0 Å². The fourth-order valence-electron chi connectivity index (χ4n) is 3.37. The second-order valence-electron chi connectivity index (χ2n) is 7.05. The molecule has 0 aliphatic carbocycles. The fraction of sp³-hybridized carbons (Fsp3) is 0.333. The fourth-order valence-corrected chi connectivity index (χ4v) is 4.44. The number of aliphatic hydroxyl groups is 1. The average Bonchev–Trinajstić information content (AvgIpc) is 3.12. The monoisotopic (exact) mass is 396 g/mol. The van der Waals surface area contributed by atoms with Gasteiger partial charge in [-0.2, -0.15) is 0 Å². The van der Waals surface area contributed by atoms with E-state index in [1.165, 1.54) is 10.3 Å². The summed E-state index contributed by atoms with van der Waals surface area (Å²) in [4.78, 5) is 21.2. The predicted molar refractivity (Wildman–Crippen MR) is 114 cm³/mol. The number of carbonyl (C=O) groups is 1. The highest BCUT2D eigenvalue weighted by molar-refractivity contribution is 7.21. The van der Waals surface area contributed by atoms with Gasteiger partial charge < -0.3 is 15.3 Å². The van der Waals surface area contributed by atoms with E-state index in [0.29, 0.717) is 19.6 Å². The van der Waals surface area contributed by atoms with Crippen molar-refractivity contribution in [2.75, 3.05) is 44.6 Å². The number of piperazine rings is 1. The van der Waals surface area contributed by atoms with Crippen LogP contribution in [-0.4, -0.2) is 65.3 Å². The van der Waals surface area contributed by atoms with Gasteiger partial charge in [0.25, 0.3) is 0 Å². The van der Waals surface area contributed by atoms with E-state index in [4.69, 9.17) is 10.1 Å².